The summed E-state index contributed by atoms with van der Waals surface area (Å²) < 4.78 is 10.6. The molecule has 1 unspecified atom stereocenters. The number of aryl methyl sites for hydroxylation is 1. The van der Waals surface area contributed by atoms with Gasteiger partial charge in [-0.15, -0.1) is 0 Å². The molecule has 1 aliphatic heterocycles. The molecule has 0 aromatic heterocycles. The Morgan fingerprint density at radius 2 is 1.86 bits per heavy atom. The predicted molar refractivity (Wildman–Crippen MR) is 77.8 cm³/mol. The summed E-state index contributed by atoms with van der Waals surface area (Å²) in [6.07, 6.45) is 0.454. The number of carboxylic acids is 1. The minimum atomic E-state index is -0.838. The summed E-state index contributed by atoms with van der Waals surface area (Å²) in [4.78, 5) is 11.6. The number of fused-ring (bicyclic) bond motifs is 1. The summed E-state index contributed by atoms with van der Waals surface area (Å²) >= 11 is 0. The van der Waals surface area contributed by atoms with Gasteiger partial charge in [0.05, 0.1) is 5.92 Å². The molecule has 0 saturated carbocycles. The molecule has 1 aliphatic rings. The summed E-state index contributed by atoms with van der Waals surface area (Å²) in [5, 5.41) is 9.52. The molecule has 1 heterocycles. The van der Waals surface area contributed by atoms with Gasteiger partial charge >= 0.3 is 5.97 Å². The average Bonchev–Trinajstić information content (AvgIpc) is 2.93. The highest BCUT2D eigenvalue weighted by Crippen LogP contribution is 2.35. The zero-order chi connectivity index (χ0) is 14.8. The lowest BCUT2D eigenvalue weighted by molar-refractivity contribution is -0.138. The Hall–Kier alpha value is -2.49. The first-order chi connectivity index (χ1) is 10.1. The van der Waals surface area contributed by atoms with Gasteiger partial charge < -0.3 is 14.6 Å². The van der Waals surface area contributed by atoms with E-state index >= 15 is 0 Å². The second-order valence-electron chi connectivity index (χ2n) is 5.19. The first-order valence-electron chi connectivity index (χ1n) is 6.81. The highest BCUT2D eigenvalue weighted by molar-refractivity contribution is 5.77. The third-order valence-corrected chi connectivity index (χ3v) is 3.66. The zero-order valence-electron chi connectivity index (χ0n) is 11.7. The van der Waals surface area contributed by atoms with E-state index in [0.29, 0.717) is 17.9 Å². The molecule has 21 heavy (non-hydrogen) atoms. The normalized spacial score (nSPS) is 14.0. The number of ether oxygens (including phenoxy) is 2. The van der Waals surface area contributed by atoms with Crippen molar-refractivity contribution in [2.45, 2.75) is 19.3 Å². The molecule has 2 aromatic carbocycles. The zero-order valence-corrected chi connectivity index (χ0v) is 11.7. The molecule has 0 amide bonds. The number of rotatable bonds is 4. The summed E-state index contributed by atoms with van der Waals surface area (Å²) in [6.45, 7) is 2.20. The van der Waals surface area contributed by atoms with Gasteiger partial charge in [0, 0.05) is 0 Å². The lowest BCUT2D eigenvalue weighted by atomic mass is 9.91. The van der Waals surface area contributed by atoms with E-state index in [9.17, 15) is 9.90 Å². The molecule has 1 atom stereocenters. The Balaban J connectivity index is 1.87. The highest BCUT2D eigenvalue weighted by Gasteiger charge is 2.23. The Morgan fingerprint density at radius 1 is 1.14 bits per heavy atom. The van der Waals surface area contributed by atoms with E-state index in [1.807, 2.05) is 31.2 Å². The fourth-order valence-corrected chi connectivity index (χ4v) is 2.44. The molecule has 0 spiro atoms. The predicted octanol–water partition coefficient (Wildman–Crippen LogP) is 3.13. The van der Waals surface area contributed by atoms with E-state index in [1.165, 1.54) is 0 Å². The fraction of sp³-hybridized carbons (Fsp3) is 0.235. The fourth-order valence-electron chi connectivity index (χ4n) is 2.44. The van der Waals surface area contributed by atoms with Crippen LogP contribution in [-0.4, -0.2) is 17.9 Å². The molecule has 0 fully saturated rings. The molecular weight excluding hydrogens is 268 g/mol. The molecule has 0 saturated heterocycles. The topological polar surface area (TPSA) is 55.8 Å². The molecule has 2 aromatic rings. The number of carboxylic acid groups (broad SMARTS) is 1. The number of benzene rings is 2. The van der Waals surface area contributed by atoms with Crippen LogP contribution in [0.25, 0.3) is 0 Å². The summed E-state index contributed by atoms with van der Waals surface area (Å²) in [5.41, 5.74) is 2.90. The van der Waals surface area contributed by atoms with Gasteiger partial charge in [0.25, 0.3) is 0 Å². The van der Waals surface area contributed by atoms with Crippen molar-refractivity contribution in [3.05, 3.63) is 59.2 Å². The van der Waals surface area contributed by atoms with Crippen LogP contribution >= 0.6 is 0 Å². The van der Waals surface area contributed by atoms with Gasteiger partial charge in [-0.25, -0.2) is 0 Å². The van der Waals surface area contributed by atoms with Gasteiger partial charge in [-0.1, -0.05) is 35.9 Å². The van der Waals surface area contributed by atoms with Crippen LogP contribution in [-0.2, 0) is 11.2 Å². The standard InChI is InChI=1S/C17H16O4/c1-11-2-4-12(5-3-11)8-14(17(18)19)13-6-7-15-16(9-13)21-10-20-15/h2-7,9,14H,8,10H2,1H3,(H,18,19). The molecule has 4 heteroatoms. The monoisotopic (exact) mass is 284 g/mol. The van der Waals surface area contributed by atoms with Crippen LogP contribution in [0.5, 0.6) is 11.5 Å². The van der Waals surface area contributed by atoms with Gasteiger partial charge in [0.1, 0.15) is 0 Å². The maximum absolute atomic E-state index is 11.6. The van der Waals surface area contributed by atoms with Crippen molar-refractivity contribution in [2.75, 3.05) is 6.79 Å². The van der Waals surface area contributed by atoms with Crippen molar-refractivity contribution in [1.82, 2.24) is 0 Å². The minimum absolute atomic E-state index is 0.189. The van der Waals surface area contributed by atoms with Crippen molar-refractivity contribution >= 4 is 5.97 Å². The van der Waals surface area contributed by atoms with E-state index in [0.717, 1.165) is 16.7 Å². The van der Waals surface area contributed by atoms with Gasteiger partial charge in [-0.05, 0) is 36.6 Å². The molecule has 0 radical (unpaired) electrons. The van der Waals surface area contributed by atoms with E-state index in [4.69, 9.17) is 9.47 Å². The average molecular weight is 284 g/mol. The van der Waals surface area contributed by atoms with Crippen molar-refractivity contribution < 1.29 is 19.4 Å². The van der Waals surface area contributed by atoms with Crippen molar-refractivity contribution in [2.24, 2.45) is 0 Å². The molecular formula is C17H16O4. The molecule has 0 bridgehead atoms. The van der Waals surface area contributed by atoms with Crippen LogP contribution in [0.15, 0.2) is 42.5 Å². The van der Waals surface area contributed by atoms with Crippen molar-refractivity contribution in [1.29, 1.82) is 0 Å². The van der Waals surface area contributed by atoms with Crippen LogP contribution in [0.3, 0.4) is 0 Å². The third-order valence-electron chi connectivity index (χ3n) is 3.66. The Labute approximate surface area is 122 Å². The lowest BCUT2D eigenvalue weighted by Crippen LogP contribution is -2.14. The number of aliphatic carboxylic acids is 1. The van der Waals surface area contributed by atoms with E-state index in [-0.39, 0.29) is 6.79 Å². The van der Waals surface area contributed by atoms with Gasteiger partial charge in [0.2, 0.25) is 6.79 Å². The van der Waals surface area contributed by atoms with Gasteiger partial charge in [-0.3, -0.25) is 4.79 Å². The Bertz CT molecular complexity index is 661. The van der Waals surface area contributed by atoms with E-state index in [1.54, 1.807) is 18.2 Å². The minimum Gasteiger partial charge on any atom is -0.481 e. The van der Waals surface area contributed by atoms with Gasteiger partial charge in [0.15, 0.2) is 11.5 Å². The third kappa shape index (κ3) is 2.84. The quantitative estimate of drug-likeness (QED) is 0.937. The van der Waals surface area contributed by atoms with Crippen LogP contribution in [0, 0.1) is 6.92 Å². The highest BCUT2D eigenvalue weighted by atomic mass is 16.7. The number of hydrogen-bond donors (Lipinski definition) is 1. The molecule has 108 valence electrons. The van der Waals surface area contributed by atoms with Crippen LogP contribution in [0.1, 0.15) is 22.6 Å². The smallest absolute Gasteiger partial charge is 0.311 e. The molecule has 3 rings (SSSR count). The van der Waals surface area contributed by atoms with Crippen molar-refractivity contribution in [3.63, 3.8) is 0 Å². The van der Waals surface area contributed by atoms with Crippen LogP contribution in [0.2, 0.25) is 0 Å². The van der Waals surface area contributed by atoms with E-state index in [2.05, 4.69) is 0 Å². The lowest BCUT2D eigenvalue weighted by Gasteiger charge is -2.13. The SMILES string of the molecule is Cc1ccc(CC(C(=O)O)c2ccc3c(c2)OCO3)cc1. The molecule has 4 nitrogen and oxygen atoms in total. The summed E-state index contributed by atoms with van der Waals surface area (Å²) in [6, 6.07) is 13.2. The molecule has 1 N–H and O–H groups in total. The first kappa shape index (κ1) is 13.5. The second kappa shape index (κ2) is 5.48. The maximum atomic E-state index is 11.6. The van der Waals surface area contributed by atoms with Crippen LogP contribution < -0.4 is 9.47 Å². The van der Waals surface area contributed by atoms with Crippen LogP contribution in [0.4, 0.5) is 0 Å². The number of hydrogen-bond acceptors (Lipinski definition) is 3. The van der Waals surface area contributed by atoms with Gasteiger partial charge in [-0.2, -0.15) is 0 Å². The first-order valence-corrected chi connectivity index (χ1v) is 6.81. The van der Waals surface area contributed by atoms with E-state index < -0.39 is 11.9 Å². The molecule has 0 aliphatic carbocycles. The summed E-state index contributed by atoms with van der Waals surface area (Å²) in [7, 11) is 0. The number of carbonyl (C=O) groups is 1. The van der Waals surface area contributed by atoms with Crippen molar-refractivity contribution in [3.8, 4) is 11.5 Å². The second-order valence-corrected chi connectivity index (χ2v) is 5.19. The maximum Gasteiger partial charge on any atom is 0.311 e. The Kier molecular flexibility index (Phi) is 3.52. The summed E-state index contributed by atoms with van der Waals surface area (Å²) in [5.74, 6) is -0.155. The largest absolute Gasteiger partial charge is 0.481 e. The Morgan fingerprint density at radius 3 is 2.57 bits per heavy atom.